The van der Waals surface area contributed by atoms with Gasteiger partial charge in [-0.3, -0.25) is 0 Å². The molecule has 0 bridgehead atoms. The maximum Gasteiger partial charge on any atom is 0.408 e. The van der Waals surface area contributed by atoms with Crippen LogP contribution < -0.4 is 5.32 Å². The quantitative estimate of drug-likeness (QED) is 0.867. The van der Waals surface area contributed by atoms with E-state index in [1.165, 1.54) is 7.11 Å². The van der Waals surface area contributed by atoms with E-state index in [-0.39, 0.29) is 0 Å². The average molecular weight is 293 g/mol. The van der Waals surface area contributed by atoms with Crippen LogP contribution >= 0.6 is 0 Å². The molecule has 0 saturated heterocycles. The second kappa shape index (κ2) is 7.11. The molecule has 1 N–H and O–H groups in total. The molecule has 5 heteroatoms. The van der Waals surface area contributed by atoms with Crippen LogP contribution in [0.25, 0.3) is 0 Å². The zero-order valence-electron chi connectivity index (χ0n) is 13.2. The van der Waals surface area contributed by atoms with Gasteiger partial charge in [-0.1, -0.05) is 29.8 Å². The SMILES string of the molecule is COC(=O)[C@H](Cc1cccc(C)c1)NC(=O)OC(C)(C)C. The van der Waals surface area contributed by atoms with Crippen molar-refractivity contribution < 1.29 is 19.1 Å². The summed E-state index contributed by atoms with van der Waals surface area (Å²) < 4.78 is 9.90. The molecule has 1 rings (SSSR count). The van der Waals surface area contributed by atoms with E-state index in [1.807, 2.05) is 31.2 Å². The van der Waals surface area contributed by atoms with Gasteiger partial charge in [-0.15, -0.1) is 0 Å². The molecule has 1 amide bonds. The smallest absolute Gasteiger partial charge is 0.408 e. The lowest BCUT2D eigenvalue weighted by Crippen LogP contribution is -2.45. The molecular weight excluding hydrogens is 270 g/mol. The van der Waals surface area contributed by atoms with Crippen LogP contribution in [0.4, 0.5) is 4.79 Å². The zero-order chi connectivity index (χ0) is 16.0. The molecule has 1 atom stereocenters. The van der Waals surface area contributed by atoms with E-state index in [9.17, 15) is 9.59 Å². The minimum absolute atomic E-state index is 0.355. The number of hydrogen-bond donors (Lipinski definition) is 1. The minimum Gasteiger partial charge on any atom is -0.467 e. The van der Waals surface area contributed by atoms with Crippen LogP contribution in [0, 0.1) is 6.92 Å². The number of nitrogens with one attached hydrogen (secondary N) is 1. The van der Waals surface area contributed by atoms with E-state index in [1.54, 1.807) is 20.8 Å². The van der Waals surface area contributed by atoms with E-state index in [4.69, 9.17) is 9.47 Å². The molecule has 116 valence electrons. The van der Waals surface area contributed by atoms with Crippen molar-refractivity contribution >= 4 is 12.1 Å². The van der Waals surface area contributed by atoms with Gasteiger partial charge >= 0.3 is 12.1 Å². The number of methoxy groups -OCH3 is 1. The highest BCUT2D eigenvalue weighted by Gasteiger charge is 2.25. The van der Waals surface area contributed by atoms with Crippen LogP contribution in [0.2, 0.25) is 0 Å². The van der Waals surface area contributed by atoms with Crippen LogP contribution in [-0.2, 0) is 20.7 Å². The van der Waals surface area contributed by atoms with Crippen molar-refractivity contribution in [3.8, 4) is 0 Å². The molecular formula is C16H23NO4. The number of rotatable bonds is 4. The van der Waals surface area contributed by atoms with Crippen molar-refractivity contribution in [2.24, 2.45) is 0 Å². The summed E-state index contributed by atoms with van der Waals surface area (Å²) in [5, 5.41) is 2.56. The van der Waals surface area contributed by atoms with Gasteiger partial charge in [-0.05, 0) is 33.3 Å². The van der Waals surface area contributed by atoms with Gasteiger partial charge in [0.15, 0.2) is 0 Å². The Morgan fingerprint density at radius 2 is 1.95 bits per heavy atom. The summed E-state index contributed by atoms with van der Waals surface area (Å²) in [6, 6.07) is 6.98. The fraction of sp³-hybridized carbons (Fsp3) is 0.500. The van der Waals surface area contributed by atoms with Gasteiger partial charge in [-0.25, -0.2) is 9.59 Å². The number of amides is 1. The first-order chi connectivity index (χ1) is 9.71. The molecule has 0 fully saturated rings. The number of hydrogen-bond acceptors (Lipinski definition) is 4. The number of ether oxygens (including phenoxy) is 2. The van der Waals surface area contributed by atoms with E-state index >= 15 is 0 Å². The van der Waals surface area contributed by atoms with Gasteiger partial charge in [0, 0.05) is 6.42 Å². The normalized spacial score (nSPS) is 12.4. The fourth-order valence-electron chi connectivity index (χ4n) is 1.86. The Bertz CT molecular complexity index is 505. The predicted molar refractivity (Wildman–Crippen MR) is 80.1 cm³/mol. The van der Waals surface area contributed by atoms with Crippen LogP contribution in [0.1, 0.15) is 31.9 Å². The first-order valence-corrected chi connectivity index (χ1v) is 6.84. The van der Waals surface area contributed by atoms with Crippen molar-refractivity contribution in [1.29, 1.82) is 0 Å². The monoisotopic (exact) mass is 293 g/mol. The van der Waals surface area contributed by atoms with E-state index < -0.39 is 23.7 Å². The molecule has 5 nitrogen and oxygen atoms in total. The third-order valence-corrected chi connectivity index (χ3v) is 2.70. The van der Waals surface area contributed by atoms with Crippen molar-refractivity contribution in [3.05, 3.63) is 35.4 Å². The molecule has 1 aromatic carbocycles. The molecule has 0 unspecified atom stereocenters. The second-order valence-corrected chi connectivity index (χ2v) is 5.92. The first-order valence-electron chi connectivity index (χ1n) is 6.84. The van der Waals surface area contributed by atoms with Crippen molar-refractivity contribution in [2.75, 3.05) is 7.11 Å². The van der Waals surface area contributed by atoms with Crippen molar-refractivity contribution in [3.63, 3.8) is 0 Å². The van der Waals surface area contributed by atoms with E-state index in [0.717, 1.165) is 11.1 Å². The summed E-state index contributed by atoms with van der Waals surface area (Å²) in [6.07, 6.45) is -0.279. The zero-order valence-corrected chi connectivity index (χ0v) is 13.2. The molecule has 0 radical (unpaired) electrons. The summed E-state index contributed by atoms with van der Waals surface area (Å²) >= 11 is 0. The van der Waals surface area contributed by atoms with Crippen LogP contribution in [0.15, 0.2) is 24.3 Å². The van der Waals surface area contributed by atoms with Crippen LogP contribution in [0.5, 0.6) is 0 Å². The molecule has 21 heavy (non-hydrogen) atoms. The Balaban J connectivity index is 2.77. The lowest BCUT2D eigenvalue weighted by Gasteiger charge is -2.22. The van der Waals surface area contributed by atoms with Crippen LogP contribution in [-0.4, -0.2) is 30.8 Å². The number of carbonyl (C=O) groups excluding carboxylic acids is 2. The lowest BCUT2D eigenvalue weighted by molar-refractivity contribution is -0.143. The molecule has 0 aliphatic carbocycles. The number of alkyl carbamates (subject to hydrolysis) is 1. The number of carbonyl (C=O) groups is 2. The Morgan fingerprint density at radius 1 is 1.29 bits per heavy atom. The van der Waals surface area contributed by atoms with E-state index in [0.29, 0.717) is 6.42 Å². The molecule has 0 aliphatic heterocycles. The summed E-state index contributed by atoms with van der Waals surface area (Å²) in [7, 11) is 1.29. The minimum atomic E-state index is -0.772. The maximum atomic E-state index is 11.8. The number of esters is 1. The van der Waals surface area contributed by atoms with Crippen LogP contribution in [0.3, 0.4) is 0 Å². The standard InChI is InChI=1S/C16H23NO4/c1-11-7-6-8-12(9-11)10-13(14(18)20-5)17-15(19)21-16(2,3)4/h6-9,13H,10H2,1-5H3,(H,17,19)/t13-/m0/s1. The Morgan fingerprint density at radius 3 is 2.48 bits per heavy atom. The lowest BCUT2D eigenvalue weighted by atomic mass is 10.0. The summed E-state index contributed by atoms with van der Waals surface area (Å²) in [4.78, 5) is 23.6. The van der Waals surface area contributed by atoms with Gasteiger partial charge < -0.3 is 14.8 Å². The third-order valence-electron chi connectivity index (χ3n) is 2.70. The number of aryl methyl sites for hydroxylation is 1. The van der Waals surface area contributed by atoms with E-state index in [2.05, 4.69) is 5.32 Å². The van der Waals surface area contributed by atoms with Gasteiger partial charge in [0.25, 0.3) is 0 Å². The highest BCUT2D eigenvalue weighted by Crippen LogP contribution is 2.10. The molecule has 0 aliphatic rings. The molecule has 0 aromatic heterocycles. The summed E-state index contributed by atoms with van der Waals surface area (Å²) in [5.74, 6) is -0.498. The fourth-order valence-corrected chi connectivity index (χ4v) is 1.86. The van der Waals surface area contributed by atoms with Gasteiger partial charge in [0.1, 0.15) is 11.6 Å². The molecule has 0 saturated carbocycles. The van der Waals surface area contributed by atoms with Gasteiger partial charge in [0.2, 0.25) is 0 Å². The Hall–Kier alpha value is -2.04. The van der Waals surface area contributed by atoms with Gasteiger partial charge in [-0.2, -0.15) is 0 Å². The van der Waals surface area contributed by atoms with Gasteiger partial charge in [0.05, 0.1) is 7.11 Å². The molecule has 1 aromatic rings. The average Bonchev–Trinajstić information content (AvgIpc) is 2.34. The third kappa shape index (κ3) is 6.29. The highest BCUT2D eigenvalue weighted by atomic mass is 16.6. The summed E-state index contributed by atoms with van der Waals surface area (Å²) in [6.45, 7) is 7.26. The largest absolute Gasteiger partial charge is 0.467 e. The Labute approximate surface area is 125 Å². The summed E-state index contributed by atoms with van der Waals surface area (Å²) in [5.41, 5.74) is 1.42. The number of benzene rings is 1. The first kappa shape index (κ1) is 17.0. The highest BCUT2D eigenvalue weighted by molar-refractivity contribution is 5.81. The van der Waals surface area contributed by atoms with Crippen molar-refractivity contribution in [1.82, 2.24) is 5.32 Å². The topological polar surface area (TPSA) is 64.6 Å². The molecule has 0 heterocycles. The Kier molecular flexibility index (Phi) is 5.76. The van der Waals surface area contributed by atoms with Crippen molar-refractivity contribution in [2.45, 2.75) is 45.8 Å². The molecule has 0 spiro atoms. The second-order valence-electron chi connectivity index (χ2n) is 5.92. The predicted octanol–water partition coefficient (Wildman–Crippen LogP) is 2.60. The maximum absolute atomic E-state index is 11.8.